The van der Waals surface area contributed by atoms with E-state index in [0.29, 0.717) is 5.41 Å². The van der Waals surface area contributed by atoms with E-state index in [0.717, 1.165) is 38.4 Å². The molecule has 0 radical (unpaired) electrons. The highest BCUT2D eigenvalue weighted by Crippen LogP contribution is 2.40. The van der Waals surface area contributed by atoms with Crippen LogP contribution in [-0.4, -0.2) is 26.2 Å². The number of nitrogens with two attached hydrogens (primary N) is 1. The number of para-hydroxylation sites is 2. The van der Waals surface area contributed by atoms with E-state index < -0.39 is 0 Å². The average molecular weight is 260 g/mol. The van der Waals surface area contributed by atoms with Crippen LogP contribution < -0.4 is 15.4 Å². The summed E-state index contributed by atoms with van der Waals surface area (Å²) in [6.45, 7) is 3.80. The van der Waals surface area contributed by atoms with Gasteiger partial charge in [0.1, 0.15) is 5.75 Å². The first kappa shape index (κ1) is 12.8. The molecule has 3 heteroatoms. The molecule has 0 spiro atoms. The van der Waals surface area contributed by atoms with Crippen molar-refractivity contribution in [1.29, 1.82) is 0 Å². The first-order chi connectivity index (χ1) is 9.33. The number of rotatable bonds is 3. The van der Waals surface area contributed by atoms with Gasteiger partial charge in [-0.15, -0.1) is 0 Å². The van der Waals surface area contributed by atoms with Crippen molar-refractivity contribution in [2.45, 2.75) is 32.1 Å². The molecule has 0 aromatic heterocycles. The van der Waals surface area contributed by atoms with E-state index in [2.05, 4.69) is 29.2 Å². The Hall–Kier alpha value is -1.22. The number of ether oxygens (including phenoxy) is 1. The van der Waals surface area contributed by atoms with Gasteiger partial charge in [-0.25, -0.2) is 0 Å². The van der Waals surface area contributed by atoms with E-state index in [9.17, 15) is 0 Å². The molecule has 0 bridgehead atoms. The maximum atomic E-state index is 6.09. The van der Waals surface area contributed by atoms with Crippen molar-refractivity contribution in [3.63, 3.8) is 0 Å². The molecule has 1 fully saturated rings. The van der Waals surface area contributed by atoms with Crippen molar-refractivity contribution in [1.82, 2.24) is 0 Å². The lowest BCUT2D eigenvalue weighted by Crippen LogP contribution is -2.41. The lowest BCUT2D eigenvalue weighted by Gasteiger charge is -2.35. The summed E-state index contributed by atoms with van der Waals surface area (Å²) in [5.41, 5.74) is 7.67. The van der Waals surface area contributed by atoms with Gasteiger partial charge >= 0.3 is 0 Å². The van der Waals surface area contributed by atoms with E-state index >= 15 is 0 Å². The Balaban J connectivity index is 1.84. The van der Waals surface area contributed by atoms with E-state index in [1.165, 1.54) is 31.4 Å². The lowest BCUT2D eigenvalue weighted by molar-refractivity contribution is 0.307. The Labute approximate surface area is 115 Å². The molecule has 0 unspecified atom stereocenters. The van der Waals surface area contributed by atoms with Crippen molar-refractivity contribution in [2.75, 3.05) is 31.1 Å². The van der Waals surface area contributed by atoms with Crippen LogP contribution in [-0.2, 0) is 0 Å². The molecule has 3 rings (SSSR count). The Kier molecular flexibility index (Phi) is 3.65. The molecule has 1 heterocycles. The number of hydrogen-bond donors (Lipinski definition) is 1. The van der Waals surface area contributed by atoms with Crippen LogP contribution in [0, 0.1) is 5.41 Å². The zero-order chi connectivity index (χ0) is 13.1. The third-order valence-corrected chi connectivity index (χ3v) is 4.66. The van der Waals surface area contributed by atoms with Crippen molar-refractivity contribution < 1.29 is 4.74 Å². The summed E-state index contributed by atoms with van der Waals surface area (Å²) in [5, 5.41) is 0. The van der Waals surface area contributed by atoms with Gasteiger partial charge in [-0.2, -0.15) is 0 Å². The predicted octanol–water partition coefficient (Wildman–Crippen LogP) is 2.79. The van der Waals surface area contributed by atoms with Gasteiger partial charge in [-0.05, 0) is 37.9 Å². The normalized spacial score (nSPS) is 21.6. The van der Waals surface area contributed by atoms with Crippen LogP contribution in [0.2, 0.25) is 0 Å². The predicted molar refractivity (Wildman–Crippen MR) is 78.7 cm³/mol. The Bertz CT molecular complexity index is 427. The molecule has 1 aromatic rings. The van der Waals surface area contributed by atoms with E-state index in [1.54, 1.807) is 0 Å². The third-order valence-electron chi connectivity index (χ3n) is 4.66. The summed E-state index contributed by atoms with van der Waals surface area (Å²) >= 11 is 0. The van der Waals surface area contributed by atoms with Crippen LogP contribution in [0.4, 0.5) is 5.69 Å². The summed E-state index contributed by atoms with van der Waals surface area (Å²) in [6.07, 6.45) is 6.33. The second-order valence-electron chi connectivity index (χ2n) is 6.00. The molecule has 1 saturated carbocycles. The van der Waals surface area contributed by atoms with Gasteiger partial charge in [0, 0.05) is 18.5 Å². The molecular weight excluding hydrogens is 236 g/mol. The second-order valence-corrected chi connectivity index (χ2v) is 6.00. The number of benzene rings is 1. The molecule has 1 aliphatic carbocycles. The fraction of sp³-hybridized carbons (Fsp3) is 0.625. The van der Waals surface area contributed by atoms with Crippen LogP contribution in [0.3, 0.4) is 0 Å². The van der Waals surface area contributed by atoms with Crippen molar-refractivity contribution in [3.05, 3.63) is 24.3 Å². The molecule has 19 heavy (non-hydrogen) atoms. The topological polar surface area (TPSA) is 38.5 Å². The zero-order valence-corrected chi connectivity index (χ0v) is 11.6. The first-order valence-electron chi connectivity index (χ1n) is 7.50. The third kappa shape index (κ3) is 2.57. The van der Waals surface area contributed by atoms with Crippen LogP contribution >= 0.6 is 0 Å². The van der Waals surface area contributed by atoms with Crippen LogP contribution in [0.25, 0.3) is 0 Å². The van der Waals surface area contributed by atoms with Crippen LogP contribution in [0.1, 0.15) is 32.1 Å². The van der Waals surface area contributed by atoms with E-state index in [-0.39, 0.29) is 0 Å². The molecule has 104 valence electrons. The van der Waals surface area contributed by atoms with Crippen molar-refractivity contribution >= 4 is 5.69 Å². The molecule has 0 amide bonds. The Morgan fingerprint density at radius 1 is 1.16 bits per heavy atom. The molecule has 2 aliphatic rings. The summed E-state index contributed by atoms with van der Waals surface area (Å²) in [7, 11) is 0. The smallest absolute Gasteiger partial charge is 0.142 e. The van der Waals surface area contributed by atoms with Gasteiger partial charge in [0.2, 0.25) is 0 Å². The number of fused-ring (bicyclic) bond motifs is 1. The highest BCUT2D eigenvalue weighted by atomic mass is 16.5. The van der Waals surface area contributed by atoms with Gasteiger partial charge in [-0.3, -0.25) is 0 Å². The second kappa shape index (κ2) is 5.41. The van der Waals surface area contributed by atoms with Crippen molar-refractivity contribution in [2.24, 2.45) is 11.1 Å². The molecule has 0 saturated heterocycles. The molecule has 0 atom stereocenters. The summed E-state index contributed by atoms with van der Waals surface area (Å²) in [6, 6.07) is 8.41. The molecule has 1 aliphatic heterocycles. The van der Waals surface area contributed by atoms with E-state index in [4.69, 9.17) is 10.5 Å². The molecule has 2 N–H and O–H groups in total. The minimum absolute atomic E-state index is 0.331. The standard InChI is InChI=1S/C16H24N2O/c17-12-16(8-3-4-9-16)13-18-10-5-11-19-15-7-2-1-6-14(15)18/h1-2,6-7H,3-5,8-13,17H2. The molecular formula is C16H24N2O. The van der Waals surface area contributed by atoms with Gasteiger partial charge < -0.3 is 15.4 Å². The maximum Gasteiger partial charge on any atom is 0.142 e. The van der Waals surface area contributed by atoms with E-state index in [1.807, 2.05) is 0 Å². The Morgan fingerprint density at radius 2 is 1.95 bits per heavy atom. The fourth-order valence-electron chi connectivity index (χ4n) is 3.52. The quantitative estimate of drug-likeness (QED) is 0.908. The van der Waals surface area contributed by atoms with Gasteiger partial charge in [0.15, 0.2) is 0 Å². The number of hydrogen-bond acceptors (Lipinski definition) is 3. The Morgan fingerprint density at radius 3 is 2.74 bits per heavy atom. The molecule has 1 aromatic carbocycles. The van der Waals surface area contributed by atoms with Crippen molar-refractivity contribution in [3.8, 4) is 5.75 Å². The minimum Gasteiger partial charge on any atom is -0.491 e. The highest BCUT2D eigenvalue weighted by Gasteiger charge is 2.35. The van der Waals surface area contributed by atoms with Crippen LogP contribution in [0.15, 0.2) is 24.3 Å². The SMILES string of the molecule is NCC1(CN2CCCOc3ccccc32)CCCC1. The largest absolute Gasteiger partial charge is 0.491 e. The maximum absolute atomic E-state index is 6.09. The lowest BCUT2D eigenvalue weighted by atomic mass is 9.85. The summed E-state index contributed by atoms with van der Waals surface area (Å²) in [5.74, 6) is 1.03. The van der Waals surface area contributed by atoms with Gasteiger partial charge in [-0.1, -0.05) is 25.0 Å². The highest BCUT2D eigenvalue weighted by molar-refractivity contribution is 5.59. The minimum atomic E-state index is 0.331. The monoisotopic (exact) mass is 260 g/mol. The zero-order valence-electron chi connectivity index (χ0n) is 11.6. The fourth-order valence-corrected chi connectivity index (χ4v) is 3.52. The van der Waals surface area contributed by atoms with Gasteiger partial charge in [0.25, 0.3) is 0 Å². The number of anilines is 1. The average Bonchev–Trinajstić information content (AvgIpc) is 2.83. The molecule has 3 nitrogen and oxygen atoms in total. The number of nitrogens with zero attached hydrogens (tertiary/aromatic N) is 1. The summed E-state index contributed by atoms with van der Waals surface area (Å²) in [4.78, 5) is 2.50. The van der Waals surface area contributed by atoms with Gasteiger partial charge in [0.05, 0.1) is 12.3 Å². The van der Waals surface area contributed by atoms with Crippen LogP contribution in [0.5, 0.6) is 5.75 Å². The first-order valence-corrected chi connectivity index (χ1v) is 7.50. The summed E-state index contributed by atoms with van der Waals surface area (Å²) < 4.78 is 5.84.